The third kappa shape index (κ3) is 5.41. The van der Waals surface area contributed by atoms with Crippen LogP contribution < -0.4 is 5.32 Å². The SMILES string of the molecule is CC(C)C(CNCc1cn(CCC#N)nc1-c1ccccc1)N1CCOCC1. The number of aromatic nitrogens is 2. The summed E-state index contributed by atoms with van der Waals surface area (Å²) in [6.07, 6.45) is 2.54. The molecule has 0 saturated carbocycles. The summed E-state index contributed by atoms with van der Waals surface area (Å²) in [7, 11) is 0. The van der Waals surface area contributed by atoms with Crippen LogP contribution in [0.2, 0.25) is 0 Å². The number of rotatable bonds is 9. The molecule has 150 valence electrons. The van der Waals surface area contributed by atoms with Crippen LogP contribution in [0.3, 0.4) is 0 Å². The monoisotopic (exact) mass is 381 g/mol. The molecule has 1 atom stereocenters. The third-order valence-electron chi connectivity index (χ3n) is 5.29. The summed E-state index contributed by atoms with van der Waals surface area (Å²) in [6, 6.07) is 13.0. The summed E-state index contributed by atoms with van der Waals surface area (Å²) < 4.78 is 7.40. The molecular weight excluding hydrogens is 350 g/mol. The predicted molar refractivity (Wildman–Crippen MR) is 111 cm³/mol. The van der Waals surface area contributed by atoms with Gasteiger partial charge in [0.05, 0.1) is 37.9 Å². The molecule has 28 heavy (non-hydrogen) atoms. The van der Waals surface area contributed by atoms with E-state index in [-0.39, 0.29) is 0 Å². The van der Waals surface area contributed by atoms with Crippen LogP contribution in [0.5, 0.6) is 0 Å². The number of aryl methyl sites for hydroxylation is 1. The van der Waals surface area contributed by atoms with E-state index in [1.165, 1.54) is 5.56 Å². The first kappa shape index (κ1) is 20.5. The topological polar surface area (TPSA) is 66.1 Å². The van der Waals surface area contributed by atoms with E-state index < -0.39 is 0 Å². The van der Waals surface area contributed by atoms with Gasteiger partial charge in [0, 0.05) is 49.5 Å². The van der Waals surface area contributed by atoms with E-state index in [1.807, 2.05) is 22.9 Å². The van der Waals surface area contributed by atoms with Crippen LogP contribution in [-0.2, 0) is 17.8 Å². The molecule has 0 bridgehead atoms. The lowest BCUT2D eigenvalue weighted by molar-refractivity contribution is 0.00648. The van der Waals surface area contributed by atoms with Crippen LogP contribution in [0, 0.1) is 17.2 Å². The molecule has 1 aromatic carbocycles. The fourth-order valence-corrected chi connectivity index (χ4v) is 3.76. The van der Waals surface area contributed by atoms with Crippen molar-refractivity contribution in [1.29, 1.82) is 5.26 Å². The standard InChI is InChI=1S/C22H31N5O/c1-18(2)21(26-11-13-28-14-12-26)16-24-15-20-17-27(10-6-9-23)25-22(20)19-7-4-3-5-8-19/h3-5,7-8,17-18,21,24H,6,10-16H2,1-2H3. The second-order valence-electron chi connectivity index (χ2n) is 7.63. The smallest absolute Gasteiger partial charge is 0.0968 e. The first-order valence-corrected chi connectivity index (χ1v) is 10.2. The zero-order valence-corrected chi connectivity index (χ0v) is 17.0. The van der Waals surface area contributed by atoms with Gasteiger partial charge in [0.1, 0.15) is 0 Å². The highest BCUT2D eigenvalue weighted by molar-refractivity contribution is 5.62. The van der Waals surface area contributed by atoms with Crippen molar-refractivity contribution >= 4 is 0 Å². The Labute approximate surface area is 168 Å². The Morgan fingerprint density at radius 2 is 1.96 bits per heavy atom. The van der Waals surface area contributed by atoms with Crippen molar-refractivity contribution in [3.8, 4) is 17.3 Å². The van der Waals surface area contributed by atoms with Crippen molar-refractivity contribution in [1.82, 2.24) is 20.0 Å². The zero-order chi connectivity index (χ0) is 19.8. The predicted octanol–water partition coefficient (Wildman–Crippen LogP) is 2.91. The Morgan fingerprint density at radius 3 is 2.64 bits per heavy atom. The molecule has 1 aliphatic rings. The van der Waals surface area contributed by atoms with Crippen molar-refractivity contribution in [2.24, 2.45) is 5.92 Å². The molecule has 1 unspecified atom stereocenters. The fourth-order valence-electron chi connectivity index (χ4n) is 3.76. The Balaban J connectivity index is 1.68. The maximum Gasteiger partial charge on any atom is 0.0968 e. The Morgan fingerprint density at radius 1 is 1.21 bits per heavy atom. The molecule has 1 aliphatic heterocycles. The molecule has 6 nitrogen and oxygen atoms in total. The summed E-state index contributed by atoms with van der Waals surface area (Å²) in [6.45, 7) is 10.6. The molecular formula is C22H31N5O. The highest BCUT2D eigenvalue weighted by Crippen LogP contribution is 2.22. The second-order valence-corrected chi connectivity index (χ2v) is 7.63. The van der Waals surface area contributed by atoms with Gasteiger partial charge in [-0.3, -0.25) is 9.58 Å². The van der Waals surface area contributed by atoms with Gasteiger partial charge < -0.3 is 10.1 Å². The van der Waals surface area contributed by atoms with Crippen LogP contribution in [0.4, 0.5) is 0 Å². The number of hydrogen-bond donors (Lipinski definition) is 1. The van der Waals surface area contributed by atoms with Gasteiger partial charge in [-0.1, -0.05) is 44.2 Å². The molecule has 1 N–H and O–H groups in total. The maximum absolute atomic E-state index is 8.88. The van der Waals surface area contributed by atoms with Crippen LogP contribution in [0.15, 0.2) is 36.5 Å². The minimum Gasteiger partial charge on any atom is -0.379 e. The molecule has 0 amide bonds. The first-order valence-electron chi connectivity index (χ1n) is 10.2. The van der Waals surface area contributed by atoms with Crippen molar-refractivity contribution in [3.63, 3.8) is 0 Å². The van der Waals surface area contributed by atoms with Gasteiger partial charge in [0.2, 0.25) is 0 Å². The van der Waals surface area contributed by atoms with Gasteiger partial charge in [-0.2, -0.15) is 10.4 Å². The van der Waals surface area contributed by atoms with Gasteiger partial charge in [-0.05, 0) is 5.92 Å². The number of nitrogens with zero attached hydrogens (tertiary/aromatic N) is 4. The number of nitriles is 1. The number of morpholine rings is 1. The van der Waals surface area contributed by atoms with E-state index in [4.69, 9.17) is 15.1 Å². The summed E-state index contributed by atoms with van der Waals surface area (Å²) in [4.78, 5) is 2.54. The average molecular weight is 382 g/mol. The van der Waals surface area contributed by atoms with Gasteiger partial charge in [0.25, 0.3) is 0 Å². The molecule has 0 spiro atoms. The quantitative estimate of drug-likeness (QED) is 0.723. The second kappa shape index (κ2) is 10.4. The summed E-state index contributed by atoms with van der Waals surface area (Å²) in [5, 5.41) is 17.3. The first-order chi connectivity index (χ1) is 13.7. The Hall–Kier alpha value is -2.20. The highest BCUT2D eigenvalue weighted by atomic mass is 16.5. The van der Waals surface area contributed by atoms with Crippen molar-refractivity contribution in [2.75, 3.05) is 32.8 Å². The number of hydrogen-bond acceptors (Lipinski definition) is 5. The molecule has 2 heterocycles. The van der Waals surface area contributed by atoms with E-state index in [0.29, 0.717) is 24.9 Å². The Kier molecular flexibility index (Phi) is 7.61. The Bertz CT molecular complexity index is 759. The van der Waals surface area contributed by atoms with E-state index >= 15 is 0 Å². The van der Waals surface area contributed by atoms with Gasteiger partial charge in [-0.25, -0.2) is 0 Å². The van der Waals surface area contributed by atoms with E-state index in [1.54, 1.807) is 0 Å². The van der Waals surface area contributed by atoms with Crippen molar-refractivity contribution in [2.45, 2.75) is 39.4 Å². The minimum absolute atomic E-state index is 0.467. The lowest BCUT2D eigenvalue weighted by atomic mass is 10.0. The lowest BCUT2D eigenvalue weighted by Crippen LogP contribution is -2.50. The van der Waals surface area contributed by atoms with Gasteiger partial charge >= 0.3 is 0 Å². The highest BCUT2D eigenvalue weighted by Gasteiger charge is 2.23. The molecule has 3 rings (SSSR count). The van der Waals surface area contributed by atoms with Gasteiger partial charge in [0.15, 0.2) is 0 Å². The summed E-state index contributed by atoms with van der Waals surface area (Å²) in [5.74, 6) is 0.581. The van der Waals surface area contributed by atoms with Crippen LogP contribution >= 0.6 is 0 Å². The largest absolute Gasteiger partial charge is 0.379 e. The zero-order valence-electron chi connectivity index (χ0n) is 17.0. The molecule has 1 saturated heterocycles. The van der Waals surface area contributed by atoms with Gasteiger partial charge in [-0.15, -0.1) is 0 Å². The fraction of sp³-hybridized carbons (Fsp3) is 0.545. The molecule has 0 aliphatic carbocycles. The number of benzene rings is 1. The summed E-state index contributed by atoms with van der Waals surface area (Å²) >= 11 is 0. The van der Waals surface area contributed by atoms with E-state index in [9.17, 15) is 0 Å². The lowest BCUT2D eigenvalue weighted by Gasteiger charge is -2.37. The van der Waals surface area contributed by atoms with E-state index in [0.717, 1.165) is 50.7 Å². The number of ether oxygens (including phenoxy) is 1. The average Bonchev–Trinajstić information content (AvgIpc) is 3.13. The van der Waals surface area contributed by atoms with Crippen LogP contribution in [0.25, 0.3) is 11.3 Å². The van der Waals surface area contributed by atoms with Crippen molar-refractivity contribution < 1.29 is 4.74 Å². The maximum atomic E-state index is 8.88. The van der Waals surface area contributed by atoms with E-state index in [2.05, 4.69) is 48.5 Å². The number of nitrogens with one attached hydrogen (secondary N) is 1. The molecule has 1 aromatic heterocycles. The van der Waals surface area contributed by atoms with Crippen molar-refractivity contribution in [3.05, 3.63) is 42.1 Å². The molecule has 2 aromatic rings. The molecule has 1 fully saturated rings. The molecule has 6 heteroatoms. The summed E-state index contributed by atoms with van der Waals surface area (Å²) in [5.41, 5.74) is 3.29. The normalized spacial score (nSPS) is 16.2. The van der Waals surface area contributed by atoms with Crippen LogP contribution in [0.1, 0.15) is 25.8 Å². The molecule has 0 radical (unpaired) electrons. The van der Waals surface area contributed by atoms with Crippen LogP contribution in [-0.4, -0.2) is 53.6 Å². The third-order valence-corrected chi connectivity index (χ3v) is 5.29. The minimum atomic E-state index is 0.467.